The van der Waals surface area contributed by atoms with Crippen molar-refractivity contribution in [1.82, 2.24) is 10.1 Å². The molecule has 0 unspecified atom stereocenters. The highest BCUT2D eigenvalue weighted by atomic mass is 32.2. The molecule has 2 aromatic rings. The predicted molar refractivity (Wildman–Crippen MR) is 72.1 cm³/mol. The summed E-state index contributed by atoms with van der Waals surface area (Å²) in [5, 5.41) is 3.89. The number of nitrogens with zero attached hydrogens (tertiary/aromatic N) is 2. The molecular weight excluding hydrogens is 265 g/mol. The molecule has 102 valence electrons. The van der Waals surface area contributed by atoms with Crippen LogP contribution in [0.25, 0.3) is 0 Å². The molecule has 1 atom stereocenters. The van der Waals surface area contributed by atoms with Crippen LogP contribution in [-0.2, 0) is 5.75 Å². The molecule has 0 spiro atoms. The number of thioether (sulfide) groups is 1. The van der Waals surface area contributed by atoms with Gasteiger partial charge in [0.1, 0.15) is 5.82 Å². The Balaban J connectivity index is 1.91. The Morgan fingerprint density at radius 3 is 2.79 bits per heavy atom. The molecule has 1 aromatic carbocycles. The van der Waals surface area contributed by atoms with Crippen molar-refractivity contribution in [2.45, 2.75) is 36.5 Å². The van der Waals surface area contributed by atoms with E-state index in [0.29, 0.717) is 17.5 Å². The van der Waals surface area contributed by atoms with Crippen LogP contribution in [0.5, 0.6) is 0 Å². The lowest BCUT2D eigenvalue weighted by Crippen LogP contribution is -2.10. The van der Waals surface area contributed by atoms with Gasteiger partial charge in [-0.05, 0) is 30.7 Å². The molecule has 0 fully saturated rings. The molecule has 0 amide bonds. The van der Waals surface area contributed by atoms with E-state index in [2.05, 4.69) is 17.1 Å². The van der Waals surface area contributed by atoms with Gasteiger partial charge in [0.15, 0.2) is 5.82 Å². The Kier molecular flexibility index (Phi) is 4.93. The van der Waals surface area contributed by atoms with Crippen LogP contribution in [0.2, 0.25) is 0 Å². The van der Waals surface area contributed by atoms with Crippen LogP contribution < -0.4 is 5.73 Å². The molecule has 1 aromatic heterocycles. The summed E-state index contributed by atoms with van der Waals surface area (Å²) in [5.74, 6) is 1.43. The quantitative estimate of drug-likeness (QED) is 0.823. The second-order valence-corrected chi connectivity index (χ2v) is 5.24. The Morgan fingerprint density at radius 1 is 1.37 bits per heavy atom. The van der Waals surface area contributed by atoms with Crippen molar-refractivity contribution in [3.8, 4) is 0 Å². The molecule has 0 saturated heterocycles. The normalized spacial score (nSPS) is 12.6. The number of benzene rings is 1. The zero-order valence-corrected chi connectivity index (χ0v) is 11.5. The number of hydrogen-bond acceptors (Lipinski definition) is 5. The molecule has 19 heavy (non-hydrogen) atoms. The summed E-state index contributed by atoms with van der Waals surface area (Å²) in [5.41, 5.74) is 5.90. The number of nitrogens with two attached hydrogens (primary N) is 1. The minimum atomic E-state index is -0.239. The van der Waals surface area contributed by atoms with Gasteiger partial charge in [0.25, 0.3) is 0 Å². The topological polar surface area (TPSA) is 64.9 Å². The molecule has 2 rings (SSSR count). The van der Waals surface area contributed by atoms with E-state index in [9.17, 15) is 4.39 Å². The van der Waals surface area contributed by atoms with Gasteiger partial charge in [0.2, 0.25) is 5.89 Å². The summed E-state index contributed by atoms with van der Waals surface area (Å²) in [6, 6.07) is 6.12. The van der Waals surface area contributed by atoms with Crippen LogP contribution in [-0.4, -0.2) is 10.1 Å². The van der Waals surface area contributed by atoms with Gasteiger partial charge in [-0.1, -0.05) is 18.5 Å². The maximum absolute atomic E-state index is 12.8. The lowest BCUT2D eigenvalue weighted by molar-refractivity contribution is 0.345. The largest absolute Gasteiger partial charge is 0.338 e. The number of hydrogen-bond donors (Lipinski definition) is 1. The van der Waals surface area contributed by atoms with E-state index in [1.54, 1.807) is 12.1 Å². The first-order valence-corrected chi connectivity index (χ1v) is 7.14. The van der Waals surface area contributed by atoms with E-state index in [0.717, 1.165) is 17.7 Å². The van der Waals surface area contributed by atoms with E-state index < -0.39 is 0 Å². The zero-order chi connectivity index (χ0) is 13.7. The fraction of sp³-hybridized carbons (Fsp3) is 0.385. The zero-order valence-electron chi connectivity index (χ0n) is 10.7. The van der Waals surface area contributed by atoms with Gasteiger partial charge < -0.3 is 10.3 Å². The third-order valence-corrected chi connectivity index (χ3v) is 3.59. The number of rotatable bonds is 6. The molecule has 0 aliphatic rings. The first-order chi connectivity index (χ1) is 9.19. The maximum Gasteiger partial charge on any atom is 0.243 e. The summed E-state index contributed by atoms with van der Waals surface area (Å²) < 4.78 is 17.9. The van der Waals surface area contributed by atoms with Crippen molar-refractivity contribution in [2.24, 2.45) is 5.73 Å². The van der Waals surface area contributed by atoms with Crippen LogP contribution in [0.1, 0.15) is 37.5 Å². The van der Waals surface area contributed by atoms with Gasteiger partial charge in [0, 0.05) is 4.90 Å². The highest BCUT2D eigenvalue weighted by Crippen LogP contribution is 2.22. The van der Waals surface area contributed by atoms with E-state index in [4.69, 9.17) is 10.3 Å². The Labute approximate surface area is 115 Å². The number of aromatic nitrogens is 2. The van der Waals surface area contributed by atoms with Gasteiger partial charge >= 0.3 is 0 Å². The average molecular weight is 281 g/mol. The molecule has 1 heterocycles. The van der Waals surface area contributed by atoms with Crippen molar-refractivity contribution < 1.29 is 8.91 Å². The fourth-order valence-electron chi connectivity index (χ4n) is 1.59. The number of halogens is 1. The minimum absolute atomic E-state index is 0.193. The Bertz CT molecular complexity index is 515. The van der Waals surface area contributed by atoms with E-state index in [-0.39, 0.29) is 11.9 Å². The van der Waals surface area contributed by atoms with Crippen molar-refractivity contribution in [1.29, 1.82) is 0 Å². The third-order valence-electron chi connectivity index (χ3n) is 2.58. The summed E-state index contributed by atoms with van der Waals surface area (Å²) in [7, 11) is 0. The van der Waals surface area contributed by atoms with Gasteiger partial charge in [-0.15, -0.1) is 11.8 Å². The predicted octanol–water partition coefficient (Wildman–Crippen LogP) is 3.30. The first kappa shape index (κ1) is 14.0. The molecule has 0 saturated carbocycles. The summed E-state index contributed by atoms with van der Waals surface area (Å²) in [6.45, 7) is 2.06. The van der Waals surface area contributed by atoms with Crippen molar-refractivity contribution in [2.75, 3.05) is 0 Å². The van der Waals surface area contributed by atoms with Gasteiger partial charge in [0.05, 0.1) is 11.8 Å². The lowest BCUT2D eigenvalue weighted by Gasteiger charge is -2.02. The molecule has 0 aliphatic heterocycles. The second-order valence-electron chi connectivity index (χ2n) is 4.19. The van der Waals surface area contributed by atoms with Crippen molar-refractivity contribution in [3.05, 3.63) is 41.8 Å². The van der Waals surface area contributed by atoms with Crippen molar-refractivity contribution in [3.63, 3.8) is 0 Å². The van der Waals surface area contributed by atoms with Crippen LogP contribution in [0.3, 0.4) is 0 Å². The monoisotopic (exact) mass is 281 g/mol. The lowest BCUT2D eigenvalue weighted by atomic mass is 10.2. The molecule has 0 aliphatic carbocycles. The maximum atomic E-state index is 12.8. The van der Waals surface area contributed by atoms with E-state index >= 15 is 0 Å². The van der Waals surface area contributed by atoms with E-state index in [1.807, 2.05) is 0 Å². The van der Waals surface area contributed by atoms with E-state index in [1.165, 1.54) is 23.9 Å². The highest BCUT2D eigenvalue weighted by molar-refractivity contribution is 7.98. The molecule has 6 heteroatoms. The smallest absolute Gasteiger partial charge is 0.243 e. The average Bonchev–Trinajstić information content (AvgIpc) is 2.87. The van der Waals surface area contributed by atoms with Crippen LogP contribution >= 0.6 is 11.8 Å². The fourth-order valence-corrected chi connectivity index (χ4v) is 2.33. The Hall–Kier alpha value is -1.40. The van der Waals surface area contributed by atoms with Gasteiger partial charge in [-0.3, -0.25) is 0 Å². The summed E-state index contributed by atoms with van der Waals surface area (Å²) in [4.78, 5) is 5.23. The first-order valence-electron chi connectivity index (χ1n) is 6.15. The summed E-state index contributed by atoms with van der Waals surface area (Å²) >= 11 is 1.53. The molecule has 0 radical (unpaired) electrons. The summed E-state index contributed by atoms with van der Waals surface area (Å²) in [6.07, 6.45) is 1.80. The SMILES string of the molecule is CCC[C@@H](N)c1nc(CSc2ccc(F)cc2)no1. The minimum Gasteiger partial charge on any atom is -0.338 e. The molecular formula is C13H16FN3OS. The second kappa shape index (κ2) is 6.68. The standard InChI is InChI=1S/C13H16FN3OS/c1-2-3-11(15)13-16-12(17-18-13)8-19-10-6-4-9(14)5-7-10/h4-7,11H,2-3,8,15H2,1H3/t11-/m1/s1. The Morgan fingerprint density at radius 2 is 2.11 bits per heavy atom. The van der Waals surface area contributed by atoms with Gasteiger partial charge in [-0.25, -0.2) is 4.39 Å². The third kappa shape index (κ3) is 4.04. The molecule has 0 bridgehead atoms. The van der Waals surface area contributed by atoms with Crippen LogP contribution in [0, 0.1) is 5.82 Å². The van der Waals surface area contributed by atoms with Crippen molar-refractivity contribution >= 4 is 11.8 Å². The van der Waals surface area contributed by atoms with Crippen LogP contribution in [0.4, 0.5) is 4.39 Å². The van der Waals surface area contributed by atoms with Crippen LogP contribution in [0.15, 0.2) is 33.7 Å². The highest BCUT2D eigenvalue weighted by Gasteiger charge is 2.13. The molecule has 2 N–H and O–H groups in total. The molecule has 4 nitrogen and oxygen atoms in total. The van der Waals surface area contributed by atoms with Gasteiger partial charge in [-0.2, -0.15) is 4.98 Å².